The predicted octanol–water partition coefficient (Wildman–Crippen LogP) is 1.26. The smallest absolute Gasteiger partial charge is 0.269 e. The van der Waals surface area contributed by atoms with Crippen LogP contribution in [0.5, 0.6) is 0 Å². The molecule has 0 radical (unpaired) electrons. The van der Waals surface area contributed by atoms with E-state index < -0.39 is 14.9 Å². The Kier molecular flexibility index (Phi) is 4.31. The summed E-state index contributed by atoms with van der Waals surface area (Å²) in [7, 11) is -2.18. The number of sulfonamides is 1. The van der Waals surface area contributed by atoms with Gasteiger partial charge in [0.1, 0.15) is 0 Å². The molecule has 1 fully saturated rings. The average molecular weight is 313 g/mol. The fourth-order valence-electron chi connectivity index (χ4n) is 2.49. The Morgan fingerprint density at radius 2 is 2.10 bits per heavy atom. The number of nitro groups is 1. The molecule has 0 aromatic heterocycles. The van der Waals surface area contributed by atoms with Gasteiger partial charge in [-0.05, 0) is 37.3 Å². The maximum Gasteiger partial charge on any atom is 0.269 e. The number of nitrogens with zero attached hydrogens (tertiary/aromatic N) is 2. The molecule has 1 atom stereocenters. The lowest BCUT2D eigenvalue weighted by Crippen LogP contribution is -2.43. The molecule has 1 unspecified atom stereocenters. The lowest BCUT2D eigenvalue weighted by atomic mass is 10.2. The highest BCUT2D eigenvalue weighted by molar-refractivity contribution is 7.89. The molecule has 0 amide bonds. The molecule has 0 spiro atoms. The van der Waals surface area contributed by atoms with Gasteiger partial charge in [-0.3, -0.25) is 10.1 Å². The molecule has 7 nitrogen and oxygen atoms in total. The monoisotopic (exact) mass is 313 g/mol. The molecule has 1 aliphatic carbocycles. The fourth-order valence-corrected chi connectivity index (χ4v) is 4.12. The molecular formula is C13H19N3O4S. The number of aryl methyl sites for hydroxylation is 1. The van der Waals surface area contributed by atoms with E-state index in [1.165, 1.54) is 29.6 Å². The van der Waals surface area contributed by atoms with E-state index in [1.807, 2.05) is 0 Å². The highest BCUT2D eigenvalue weighted by Crippen LogP contribution is 2.36. The lowest BCUT2D eigenvalue weighted by molar-refractivity contribution is -0.385. The lowest BCUT2D eigenvalue weighted by Gasteiger charge is -2.26. The van der Waals surface area contributed by atoms with Crippen molar-refractivity contribution < 1.29 is 13.3 Å². The Labute approximate surface area is 123 Å². The van der Waals surface area contributed by atoms with Crippen LogP contribution in [0.1, 0.15) is 18.4 Å². The van der Waals surface area contributed by atoms with Gasteiger partial charge in [-0.2, -0.15) is 4.31 Å². The van der Waals surface area contributed by atoms with Crippen LogP contribution in [0, 0.1) is 23.0 Å². The topological polar surface area (TPSA) is 107 Å². The normalized spacial score (nSPS) is 17.0. The van der Waals surface area contributed by atoms with Crippen molar-refractivity contribution in [3.63, 3.8) is 0 Å². The second-order valence-corrected chi connectivity index (χ2v) is 7.33. The largest absolute Gasteiger partial charge is 0.329 e. The Morgan fingerprint density at radius 1 is 1.48 bits per heavy atom. The van der Waals surface area contributed by atoms with Crippen LogP contribution in [-0.4, -0.2) is 37.3 Å². The van der Waals surface area contributed by atoms with Crippen LogP contribution in [-0.2, 0) is 10.0 Å². The van der Waals surface area contributed by atoms with Crippen molar-refractivity contribution in [2.45, 2.75) is 30.7 Å². The number of benzene rings is 1. The zero-order valence-electron chi connectivity index (χ0n) is 12.0. The van der Waals surface area contributed by atoms with Crippen LogP contribution in [0.3, 0.4) is 0 Å². The Bertz CT molecular complexity index is 655. The summed E-state index contributed by atoms with van der Waals surface area (Å²) in [6.07, 6.45) is 1.97. The minimum atomic E-state index is -3.70. The standard InChI is InChI=1S/C13H19N3O4S/c1-9-7-11(16(17)18)5-6-13(9)21(19,20)15(2)12(8-14)10-3-4-10/h5-7,10,12H,3-4,8,14H2,1-2H3. The van der Waals surface area contributed by atoms with Crippen molar-refractivity contribution >= 4 is 15.7 Å². The van der Waals surface area contributed by atoms with Crippen LogP contribution in [0.25, 0.3) is 0 Å². The number of nitro benzene ring substituents is 1. The fraction of sp³-hybridized carbons (Fsp3) is 0.538. The SMILES string of the molecule is Cc1cc([N+](=O)[O-])ccc1S(=O)(=O)N(C)C(CN)C1CC1. The molecule has 0 aliphatic heterocycles. The van der Waals surface area contributed by atoms with Crippen molar-refractivity contribution in [1.82, 2.24) is 4.31 Å². The van der Waals surface area contributed by atoms with Crippen molar-refractivity contribution in [3.05, 3.63) is 33.9 Å². The molecule has 8 heteroatoms. The molecule has 2 N–H and O–H groups in total. The van der Waals surface area contributed by atoms with E-state index in [9.17, 15) is 18.5 Å². The first-order valence-corrected chi connectivity index (χ1v) is 8.16. The minimum Gasteiger partial charge on any atom is -0.329 e. The summed E-state index contributed by atoms with van der Waals surface area (Å²) in [6, 6.07) is 3.56. The second kappa shape index (κ2) is 5.70. The van der Waals surface area contributed by atoms with Crippen LogP contribution in [0.4, 0.5) is 5.69 Å². The van der Waals surface area contributed by atoms with Gasteiger partial charge in [-0.1, -0.05) is 0 Å². The van der Waals surface area contributed by atoms with Gasteiger partial charge in [0.2, 0.25) is 10.0 Å². The zero-order chi connectivity index (χ0) is 15.8. The van der Waals surface area contributed by atoms with Crippen LogP contribution < -0.4 is 5.73 Å². The van der Waals surface area contributed by atoms with Gasteiger partial charge in [-0.15, -0.1) is 0 Å². The number of rotatable bonds is 6. The van der Waals surface area contributed by atoms with E-state index in [1.54, 1.807) is 6.92 Å². The molecule has 0 bridgehead atoms. The van der Waals surface area contributed by atoms with E-state index >= 15 is 0 Å². The van der Waals surface area contributed by atoms with Crippen LogP contribution >= 0.6 is 0 Å². The summed E-state index contributed by atoms with van der Waals surface area (Å²) in [5.41, 5.74) is 5.94. The molecule has 0 heterocycles. The first kappa shape index (κ1) is 15.9. The summed E-state index contributed by atoms with van der Waals surface area (Å²) in [6.45, 7) is 1.83. The molecule has 1 aromatic carbocycles. The maximum atomic E-state index is 12.7. The molecule has 1 aliphatic rings. The zero-order valence-corrected chi connectivity index (χ0v) is 12.8. The van der Waals surface area contributed by atoms with E-state index in [4.69, 9.17) is 5.73 Å². The van der Waals surface area contributed by atoms with Crippen molar-refractivity contribution in [2.24, 2.45) is 11.7 Å². The number of nitrogens with two attached hydrogens (primary N) is 1. The van der Waals surface area contributed by atoms with E-state index in [-0.39, 0.29) is 23.2 Å². The number of likely N-dealkylation sites (N-methyl/N-ethyl adjacent to an activating group) is 1. The van der Waals surface area contributed by atoms with Crippen molar-refractivity contribution in [3.8, 4) is 0 Å². The van der Waals surface area contributed by atoms with Crippen molar-refractivity contribution in [2.75, 3.05) is 13.6 Å². The van der Waals surface area contributed by atoms with E-state index in [2.05, 4.69) is 0 Å². The third kappa shape index (κ3) is 3.07. The van der Waals surface area contributed by atoms with Gasteiger partial charge >= 0.3 is 0 Å². The predicted molar refractivity (Wildman–Crippen MR) is 78.3 cm³/mol. The van der Waals surface area contributed by atoms with Crippen molar-refractivity contribution in [1.29, 1.82) is 0 Å². The second-order valence-electron chi connectivity index (χ2n) is 5.37. The van der Waals surface area contributed by atoms with Crippen LogP contribution in [0.2, 0.25) is 0 Å². The summed E-state index contributed by atoms with van der Waals surface area (Å²) < 4.78 is 26.6. The molecule has 2 rings (SSSR count). The molecule has 116 valence electrons. The first-order chi connectivity index (χ1) is 9.78. The summed E-state index contributed by atoms with van der Waals surface area (Å²) in [5, 5.41) is 10.7. The van der Waals surface area contributed by atoms with Crippen LogP contribution in [0.15, 0.2) is 23.1 Å². The number of non-ortho nitro benzene ring substituents is 1. The van der Waals surface area contributed by atoms with Gasteiger partial charge in [0, 0.05) is 31.8 Å². The summed E-state index contributed by atoms with van der Waals surface area (Å²) >= 11 is 0. The van der Waals surface area contributed by atoms with E-state index in [0.29, 0.717) is 11.5 Å². The molecule has 1 aromatic rings. The average Bonchev–Trinajstić information content (AvgIpc) is 3.23. The van der Waals surface area contributed by atoms with Gasteiger partial charge in [0.15, 0.2) is 0 Å². The number of hydrogen-bond donors (Lipinski definition) is 1. The quantitative estimate of drug-likeness (QED) is 0.628. The Hall–Kier alpha value is -1.51. The van der Waals surface area contributed by atoms with Gasteiger partial charge in [-0.25, -0.2) is 8.42 Å². The third-order valence-electron chi connectivity index (χ3n) is 3.90. The molecule has 21 heavy (non-hydrogen) atoms. The third-order valence-corrected chi connectivity index (χ3v) is 5.94. The first-order valence-electron chi connectivity index (χ1n) is 6.72. The van der Waals surface area contributed by atoms with Gasteiger partial charge in [0.25, 0.3) is 5.69 Å². The minimum absolute atomic E-state index is 0.0923. The van der Waals surface area contributed by atoms with Gasteiger partial charge < -0.3 is 5.73 Å². The maximum absolute atomic E-state index is 12.7. The van der Waals surface area contributed by atoms with E-state index in [0.717, 1.165) is 12.8 Å². The molecular weight excluding hydrogens is 294 g/mol. The molecule has 0 saturated heterocycles. The number of hydrogen-bond acceptors (Lipinski definition) is 5. The molecule has 1 saturated carbocycles. The summed E-state index contributed by atoms with van der Waals surface area (Å²) in [4.78, 5) is 10.3. The summed E-state index contributed by atoms with van der Waals surface area (Å²) in [5.74, 6) is 0.313. The Morgan fingerprint density at radius 3 is 2.52 bits per heavy atom. The Balaban J connectivity index is 2.36. The highest BCUT2D eigenvalue weighted by Gasteiger charge is 2.38. The van der Waals surface area contributed by atoms with Gasteiger partial charge in [0.05, 0.1) is 9.82 Å². The highest BCUT2D eigenvalue weighted by atomic mass is 32.2.